The monoisotopic (exact) mass is 1280 g/mol. The maximum absolute atomic E-state index is 7.49. The number of hydrogen-bond donors (Lipinski definition) is 0. The van der Waals surface area contributed by atoms with Crippen molar-refractivity contribution < 1.29 is 0 Å². The van der Waals surface area contributed by atoms with Gasteiger partial charge in [-0.05, 0) is 185 Å². The van der Waals surface area contributed by atoms with Crippen LogP contribution in [0.25, 0.3) is 98.0 Å². The predicted molar refractivity (Wildman–Crippen MR) is 435 cm³/mol. The van der Waals surface area contributed by atoms with Gasteiger partial charge in [0.05, 0.1) is 0 Å². The van der Waals surface area contributed by atoms with Gasteiger partial charge < -0.3 is 0 Å². The maximum atomic E-state index is 7.49. The summed E-state index contributed by atoms with van der Waals surface area (Å²) in [4.78, 5) is 0. The van der Waals surface area contributed by atoms with Crippen LogP contribution in [0.1, 0.15) is 42.5 Å². The molecule has 0 nitrogen and oxygen atoms in total. The summed E-state index contributed by atoms with van der Waals surface area (Å²) in [5.74, 6) is 0. The largest absolute Gasteiger partial charge is 0.0985 e. The van der Waals surface area contributed by atoms with Crippen LogP contribution in [0.4, 0.5) is 0 Å². The molecule has 0 unspecified atom stereocenters. The predicted octanol–water partition coefficient (Wildman–Crippen LogP) is 21.9. The standard InChI is InChI=1S/C97H83Cl/c1-18-23-38-75(15)97(93(98)64-52-72(12)84-49-34-37-67(7)36-24-25-39-71(84)11)92-48-33-31-46-90(92)94(70(10)22-5)81-60-56-80(57-61-81)86(69(9)21-4)63-62-85(68(8)20-3)77(17)76(16)65-83(53-51-66(6)19-2)78-54-58-82(59-55-78)95-73(13)40-26-27-41-74(14)96(91-47-32-30-45-89(91)95)88-50-35-43-79-42-28-29-44-87(79)88/h19-54,56-58,60-65H,2-11,13-18H2,1,12H3/b36-24?,37-34?,38-23-,39-25?,40-26?,41-27?,53-51-,72-52+,83-65+,84-49?,85-62+,86-63+,93-64-,94-90+,95-89?,96-91?,97-92+. The fourth-order valence-electron chi connectivity index (χ4n) is 11.4. The Hall–Kier alpha value is -12.1. The van der Waals surface area contributed by atoms with Crippen LogP contribution in [-0.4, -0.2) is 0 Å². The second-order valence-corrected chi connectivity index (χ2v) is 23.8. The Labute approximate surface area is 586 Å². The van der Waals surface area contributed by atoms with Gasteiger partial charge in [0.2, 0.25) is 0 Å². The normalized spacial score (nSPS) is 12.5. The molecule has 0 saturated heterocycles. The van der Waals surface area contributed by atoms with Gasteiger partial charge in [0, 0.05) is 27.3 Å². The van der Waals surface area contributed by atoms with E-state index in [1.807, 2.05) is 127 Å². The first-order chi connectivity index (χ1) is 47.3. The van der Waals surface area contributed by atoms with Crippen LogP contribution in [0.2, 0.25) is 0 Å². The first kappa shape index (κ1) is 71.7. The average molecular weight is 1280 g/mol. The van der Waals surface area contributed by atoms with Gasteiger partial charge in [0.1, 0.15) is 0 Å². The molecule has 0 fully saturated rings. The van der Waals surface area contributed by atoms with Gasteiger partial charge in [-0.2, -0.15) is 0 Å². The van der Waals surface area contributed by atoms with Gasteiger partial charge in [-0.3, -0.25) is 0 Å². The molecule has 0 N–H and O–H groups in total. The molecular formula is C97H83Cl. The fourth-order valence-corrected chi connectivity index (χ4v) is 11.7. The molecule has 0 heterocycles. The van der Waals surface area contributed by atoms with E-state index >= 15 is 0 Å². The second-order valence-electron chi connectivity index (χ2n) is 23.4. The quantitative estimate of drug-likeness (QED) is 0.0529. The van der Waals surface area contributed by atoms with E-state index in [0.717, 1.165) is 148 Å². The molecule has 1 heteroatoms. The molecule has 8 aromatic carbocycles. The van der Waals surface area contributed by atoms with Gasteiger partial charge in [-0.15, -0.1) is 0 Å². The summed E-state index contributed by atoms with van der Waals surface area (Å²) in [5, 5.41) is 10.1. The fraction of sp³-hybridized carbons (Fsp3) is 0.0309. The van der Waals surface area contributed by atoms with Crippen molar-refractivity contribution in [3.63, 3.8) is 0 Å². The van der Waals surface area contributed by atoms with Crippen molar-refractivity contribution in [1.82, 2.24) is 0 Å². The van der Waals surface area contributed by atoms with E-state index < -0.39 is 0 Å². The van der Waals surface area contributed by atoms with Crippen molar-refractivity contribution in [2.45, 2.75) is 20.3 Å². The van der Waals surface area contributed by atoms with E-state index in [1.54, 1.807) is 24.3 Å². The summed E-state index contributed by atoms with van der Waals surface area (Å²) in [7, 11) is 0. The summed E-state index contributed by atoms with van der Waals surface area (Å²) in [6.45, 7) is 69.6. The Morgan fingerprint density at radius 3 is 1.68 bits per heavy atom. The second kappa shape index (κ2) is 34.3. The Kier molecular flexibility index (Phi) is 25.1. The molecule has 0 saturated carbocycles. The lowest BCUT2D eigenvalue weighted by Crippen LogP contribution is -2.30. The highest BCUT2D eigenvalue weighted by Crippen LogP contribution is 2.35. The van der Waals surface area contributed by atoms with Crippen LogP contribution in [0.3, 0.4) is 0 Å². The number of allylic oxidation sites excluding steroid dienone is 25. The third-order valence-electron chi connectivity index (χ3n) is 16.8. The van der Waals surface area contributed by atoms with Gasteiger partial charge in [0.15, 0.2) is 0 Å². The highest BCUT2D eigenvalue weighted by molar-refractivity contribution is 6.37. The summed E-state index contributed by atoms with van der Waals surface area (Å²) in [5.41, 5.74) is 17.1. The van der Waals surface area contributed by atoms with Crippen LogP contribution in [-0.2, 0) is 0 Å². The molecule has 478 valence electrons. The van der Waals surface area contributed by atoms with Gasteiger partial charge >= 0.3 is 0 Å². The van der Waals surface area contributed by atoms with E-state index in [1.165, 1.54) is 0 Å². The minimum Gasteiger partial charge on any atom is -0.0985 e. The van der Waals surface area contributed by atoms with Crippen molar-refractivity contribution >= 4 is 87.3 Å². The Bertz CT molecular complexity index is 5330. The molecule has 0 aliphatic heterocycles. The Morgan fingerprint density at radius 2 is 1.03 bits per heavy atom. The van der Waals surface area contributed by atoms with Crippen LogP contribution in [0, 0.1) is 12.1 Å². The molecule has 0 amide bonds. The summed E-state index contributed by atoms with van der Waals surface area (Å²) in [6, 6.07) is 73.0. The number of halogens is 1. The summed E-state index contributed by atoms with van der Waals surface area (Å²) >= 11 is 7.49. The first-order valence-corrected chi connectivity index (χ1v) is 32.6. The minimum absolute atomic E-state index is 0.510. The highest BCUT2D eigenvalue weighted by Gasteiger charge is 2.16. The number of benzene rings is 5. The molecule has 8 rings (SSSR count). The van der Waals surface area contributed by atoms with Gasteiger partial charge in [0.25, 0.3) is 0 Å². The van der Waals surface area contributed by atoms with Crippen molar-refractivity contribution in [3.8, 4) is 22.3 Å². The lowest BCUT2D eigenvalue weighted by atomic mass is 9.89. The molecule has 0 aliphatic carbocycles. The van der Waals surface area contributed by atoms with E-state index in [-0.39, 0.29) is 0 Å². The minimum atomic E-state index is 0.510. The van der Waals surface area contributed by atoms with E-state index in [4.69, 9.17) is 11.6 Å². The number of hydrogen-bond acceptors (Lipinski definition) is 0. The Morgan fingerprint density at radius 1 is 0.459 bits per heavy atom. The average Bonchev–Trinajstić information content (AvgIpc) is 0.773. The van der Waals surface area contributed by atoms with Crippen molar-refractivity contribution in [1.29, 1.82) is 0 Å². The summed E-state index contributed by atoms with van der Waals surface area (Å²) in [6.07, 6.45) is 25.7. The van der Waals surface area contributed by atoms with Crippen LogP contribution >= 0.6 is 11.6 Å². The lowest BCUT2D eigenvalue weighted by Gasteiger charge is -2.15. The molecule has 98 heavy (non-hydrogen) atoms. The zero-order valence-corrected chi connectivity index (χ0v) is 57.4. The topological polar surface area (TPSA) is 0 Å². The Balaban J connectivity index is 1.21. The molecule has 0 atom stereocenters. The molecule has 0 bridgehead atoms. The molecule has 0 radical (unpaired) electrons. The van der Waals surface area contributed by atoms with Crippen molar-refractivity contribution in [2.75, 3.05) is 0 Å². The molecular weight excluding hydrogens is 1200 g/mol. The van der Waals surface area contributed by atoms with Crippen LogP contribution in [0.5, 0.6) is 0 Å². The highest BCUT2D eigenvalue weighted by atomic mass is 35.5. The van der Waals surface area contributed by atoms with E-state index in [0.29, 0.717) is 32.9 Å². The molecule has 0 spiro atoms. The SMILES string of the molecule is C=CC(=C)/C=C\C(=C/C(=C)C(=C)/C(=C/C=C(\C(=C)C=C)c1ccc(\C(C(=C)C=C)=c2/cccc/c2=C(C(=C)/C=C\CC)\C(Cl)=C\C=C(/C)c2cccc(=C)ccccc2=C)cc1)C(=C)C=C)c1c#cc(-c2c(=C)ccccc(=C)c(-c3cccc4ccccc34)c3ccccc23)cc1. The first-order valence-electron chi connectivity index (χ1n) is 32.3. The van der Waals surface area contributed by atoms with Gasteiger partial charge in [-0.1, -0.05) is 378 Å². The molecule has 0 aliphatic rings. The van der Waals surface area contributed by atoms with Crippen molar-refractivity contribution in [2.24, 2.45) is 0 Å². The van der Waals surface area contributed by atoms with Crippen LogP contribution < -0.4 is 31.3 Å². The molecule has 8 aromatic rings. The van der Waals surface area contributed by atoms with Crippen LogP contribution in [0.15, 0.2) is 395 Å². The van der Waals surface area contributed by atoms with Crippen molar-refractivity contribution in [3.05, 3.63) is 461 Å². The zero-order chi connectivity index (χ0) is 70.4. The molecule has 0 aromatic heterocycles. The maximum Gasteiger partial charge on any atom is 0.0490 e. The van der Waals surface area contributed by atoms with E-state index in [2.05, 4.69) is 246 Å². The summed E-state index contributed by atoms with van der Waals surface area (Å²) < 4.78 is 0. The third kappa shape index (κ3) is 17.4. The number of fused-ring (bicyclic) bond motifs is 2. The van der Waals surface area contributed by atoms with E-state index in [9.17, 15) is 0 Å². The number of rotatable bonds is 24. The lowest BCUT2D eigenvalue weighted by molar-refractivity contribution is 1.22. The smallest absolute Gasteiger partial charge is 0.0490 e. The zero-order valence-electron chi connectivity index (χ0n) is 56.7. The third-order valence-corrected chi connectivity index (χ3v) is 17.1. The van der Waals surface area contributed by atoms with Gasteiger partial charge in [-0.25, -0.2) is 0 Å².